The van der Waals surface area contributed by atoms with Gasteiger partial charge in [-0.25, -0.2) is 0 Å². The van der Waals surface area contributed by atoms with Crippen LogP contribution in [0.5, 0.6) is 5.75 Å². The van der Waals surface area contributed by atoms with Crippen molar-refractivity contribution < 1.29 is 14.3 Å². The van der Waals surface area contributed by atoms with E-state index in [1.165, 1.54) is 18.7 Å². The van der Waals surface area contributed by atoms with Gasteiger partial charge in [0, 0.05) is 25.6 Å². The predicted molar refractivity (Wildman–Crippen MR) is 131 cm³/mol. The molecule has 0 aliphatic carbocycles. The summed E-state index contributed by atoms with van der Waals surface area (Å²) in [5, 5.41) is 11.8. The lowest BCUT2D eigenvalue weighted by Crippen LogP contribution is -2.22. The summed E-state index contributed by atoms with van der Waals surface area (Å²) in [7, 11) is 1.62. The van der Waals surface area contributed by atoms with Gasteiger partial charge >= 0.3 is 0 Å². The van der Waals surface area contributed by atoms with Crippen molar-refractivity contribution in [1.82, 2.24) is 20.1 Å². The smallest absolute Gasteiger partial charge is 0.216 e. The molecule has 1 heterocycles. The number of hydrogen-bond acceptors (Lipinski definition) is 6. The molecule has 2 aromatic carbocycles. The second-order valence-corrected chi connectivity index (χ2v) is 8.77. The van der Waals surface area contributed by atoms with Crippen LogP contribution in [0, 0.1) is 0 Å². The summed E-state index contributed by atoms with van der Waals surface area (Å²) in [5.74, 6) is 1.33. The first-order valence-corrected chi connectivity index (χ1v) is 11.5. The Kier molecular flexibility index (Phi) is 8.43. The Labute approximate surface area is 198 Å². The lowest BCUT2D eigenvalue weighted by molar-refractivity contribution is -0.118. The molecule has 8 heteroatoms. The van der Waals surface area contributed by atoms with Gasteiger partial charge in [0.05, 0.1) is 17.9 Å². The molecule has 0 saturated heterocycles. The molecule has 0 spiro atoms. The highest BCUT2D eigenvalue weighted by Gasteiger charge is 2.22. The van der Waals surface area contributed by atoms with Crippen LogP contribution < -0.4 is 10.1 Å². The predicted octanol–water partition coefficient (Wildman–Crippen LogP) is 4.18. The number of amides is 1. The first-order valence-electron chi connectivity index (χ1n) is 10.7. The molecule has 1 atom stereocenters. The van der Waals surface area contributed by atoms with Crippen LogP contribution in [-0.4, -0.2) is 45.4 Å². The van der Waals surface area contributed by atoms with Gasteiger partial charge in [0.15, 0.2) is 16.8 Å². The van der Waals surface area contributed by atoms with Crippen molar-refractivity contribution in [3.63, 3.8) is 0 Å². The average Bonchev–Trinajstić information content (AvgIpc) is 3.20. The summed E-state index contributed by atoms with van der Waals surface area (Å²) in [6.45, 7) is 8.29. The molecule has 1 aromatic heterocycles. The number of thioether (sulfide) groups is 1. The van der Waals surface area contributed by atoms with Crippen molar-refractivity contribution in [3.8, 4) is 17.1 Å². The first-order chi connectivity index (χ1) is 15.9. The molecule has 0 radical (unpaired) electrons. The molecular weight excluding hydrogens is 436 g/mol. The minimum atomic E-state index is -0.353. The third-order valence-electron chi connectivity index (χ3n) is 5.05. The third kappa shape index (κ3) is 6.10. The maximum atomic E-state index is 13.0. The number of ketones is 1. The van der Waals surface area contributed by atoms with E-state index in [9.17, 15) is 9.59 Å². The van der Waals surface area contributed by atoms with Gasteiger partial charge in [-0.3, -0.25) is 14.2 Å². The number of carbonyl (C=O) groups excluding carboxylic acids is 2. The number of para-hydroxylation sites is 1. The summed E-state index contributed by atoms with van der Waals surface area (Å²) in [5.41, 5.74) is 2.53. The maximum absolute atomic E-state index is 13.0. The molecule has 3 rings (SSSR count). The summed E-state index contributed by atoms with van der Waals surface area (Å²) in [6, 6.07) is 15.1. The Morgan fingerprint density at radius 1 is 1.18 bits per heavy atom. The minimum absolute atomic E-state index is 0.0143. The minimum Gasteiger partial charge on any atom is -0.496 e. The zero-order chi connectivity index (χ0) is 23.8. The van der Waals surface area contributed by atoms with E-state index in [1.807, 2.05) is 60.0 Å². The van der Waals surface area contributed by atoms with Crippen molar-refractivity contribution >= 4 is 23.5 Å². The van der Waals surface area contributed by atoms with Crippen LogP contribution in [0.25, 0.3) is 11.4 Å². The van der Waals surface area contributed by atoms with Crippen LogP contribution in [0.2, 0.25) is 0 Å². The van der Waals surface area contributed by atoms with E-state index in [0.29, 0.717) is 35.4 Å². The Balaban J connectivity index is 1.75. The highest BCUT2D eigenvalue weighted by atomic mass is 32.2. The van der Waals surface area contributed by atoms with Gasteiger partial charge in [-0.2, -0.15) is 0 Å². The topological polar surface area (TPSA) is 86.1 Å². The van der Waals surface area contributed by atoms with E-state index in [2.05, 4.69) is 22.1 Å². The number of ether oxygens (including phenoxy) is 1. The molecule has 1 N–H and O–H groups in total. The monoisotopic (exact) mass is 464 g/mol. The number of Topliss-reactive ketones (excluding diaryl/α,β-unsaturated/α-hetero) is 1. The van der Waals surface area contributed by atoms with Crippen LogP contribution in [-0.2, 0) is 17.8 Å². The number of hydrogen-bond donors (Lipinski definition) is 1. The van der Waals surface area contributed by atoms with Crippen LogP contribution >= 0.6 is 11.8 Å². The van der Waals surface area contributed by atoms with Gasteiger partial charge in [-0.15, -0.1) is 16.8 Å². The molecule has 0 bridgehead atoms. The molecule has 0 aliphatic heterocycles. The number of allylic oxidation sites excluding steroid dienone is 1. The highest BCUT2D eigenvalue weighted by Crippen LogP contribution is 2.32. The van der Waals surface area contributed by atoms with Crippen LogP contribution in [0.15, 0.2) is 66.3 Å². The Hall–Kier alpha value is -3.39. The van der Waals surface area contributed by atoms with E-state index >= 15 is 0 Å². The fourth-order valence-electron chi connectivity index (χ4n) is 3.36. The summed E-state index contributed by atoms with van der Waals surface area (Å²) < 4.78 is 7.41. The molecule has 33 heavy (non-hydrogen) atoms. The normalized spacial score (nSPS) is 11.6. The molecule has 7 nitrogen and oxygen atoms in total. The molecule has 0 aliphatic rings. The summed E-state index contributed by atoms with van der Waals surface area (Å²) >= 11 is 1.37. The first kappa shape index (κ1) is 24.3. The van der Waals surface area contributed by atoms with E-state index in [-0.39, 0.29) is 16.9 Å². The van der Waals surface area contributed by atoms with Gasteiger partial charge in [0.1, 0.15) is 5.75 Å². The molecule has 0 saturated carbocycles. The van der Waals surface area contributed by atoms with E-state index in [1.54, 1.807) is 13.2 Å². The zero-order valence-electron chi connectivity index (χ0n) is 19.1. The van der Waals surface area contributed by atoms with Crippen molar-refractivity contribution in [1.29, 1.82) is 0 Å². The number of nitrogens with zero attached hydrogens (tertiary/aromatic N) is 3. The maximum Gasteiger partial charge on any atom is 0.216 e. The fourth-order valence-corrected chi connectivity index (χ4v) is 4.30. The molecule has 172 valence electrons. The van der Waals surface area contributed by atoms with Gasteiger partial charge in [-0.1, -0.05) is 54.2 Å². The van der Waals surface area contributed by atoms with Crippen molar-refractivity contribution in [3.05, 3.63) is 72.3 Å². The third-order valence-corrected chi connectivity index (χ3v) is 6.13. The second-order valence-electron chi connectivity index (χ2n) is 7.46. The van der Waals surface area contributed by atoms with Crippen molar-refractivity contribution in [2.75, 3.05) is 13.7 Å². The summed E-state index contributed by atoms with van der Waals surface area (Å²) in [6.07, 6.45) is 2.49. The lowest BCUT2D eigenvalue weighted by Gasteiger charge is -2.13. The molecular formula is C25H28N4O3S. The van der Waals surface area contributed by atoms with Gasteiger partial charge < -0.3 is 10.1 Å². The number of nitrogens with one attached hydrogen (secondary N) is 1. The van der Waals surface area contributed by atoms with Crippen LogP contribution in [0.3, 0.4) is 0 Å². The Morgan fingerprint density at radius 3 is 2.58 bits per heavy atom. The van der Waals surface area contributed by atoms with Crippen molar-refractivity contribution in [2.45, 2.75) is 37.2 Å². The summed E-state index contributed by atoms with van der Waals surface area (Å²) in [4.78, 5) is 24.0. The van der Waals surface area contributed by atoms with Crippen LogP contribution in [0.1, 0.15) is 29.8 Å². The molecule has 0 fully saturated rings. The fraction of sp³-hybridized carbons (Fsp3) is 0.280. The van der Waals surface area contributed by atoms with E-state index in [0.717, 1.165) is 17.5 Å². The highest BCUT2D eigenvalue weighted by molar-refractivity contribution is 8.00. The number of aromatic nitrogens is 3. The SMILES string of the molecule is C=CCn1c(SC(C)C(=O)c2ccc(CCNC(C)=O)cc2)nnc1-c1ccccc1OC. The van der Waals surface area contributed by atoms with E-state index < -0.39 is 0 Å². The van der Waals surface area contributed by atoms with Gasteiger partial charge in [-0.05, 0) is 31.0 Å². The number of benzene rings is 2. The lowest BCUT2D eigenvalue weighted by atomic mass is 10.0. The number of carbonyl (C=O) groups is 2. The molecule has 1 unspecified atom stereocenters. The molecule has 3 aromatic rings. The van der Waals surface area contributed by atoms with Gasteiger partial charge in [0.25, 0.3) is 0 Å². The van der Waals surface area contributed by atoms with Crippen molar-refractivity contribution in [2.24, 2.45) is 0 Å². The van der Waals surface area contributed by atoms with E-state index in [4.69, 9.17) is 4.74 Å². The average molecular weight is 465 g/mol. The standard InChI is InChI=1S/C25H28N4O3S/c1-5-16-29-24(21-8-6-7-9-22(21)32-4)27-28-25(29)33-17(2)23(31)20-12-10-19(11-13-20)14-15-26-18(3)30/h5-13,17H,1,14-16H2,2-4H3,(H,26,30). The van der Waals surface area contributed by atoms with Gasteiger partial charge in [0.2, 0.25) is 5.91 Å². The number of methoxy groups -OCH3 is 1. The second kappa shape index (κ2) is 11.5. The largest absolute Gasteiger partial charge is 0.496 e. The Morgan fingerprint density at radius 2 is 1.91 bits per heavy atom. The Bertz CT molecular complexity index is 1120. The zero-order valence-corrected chi connectivity index (χ0v) is 19.9. The number of rotatable bonds is 11. The quantitative estimate of drug-likeness (QED) is 0.260. The molecule has 1 amide bonds. The van der Waals surface area contributed by atoms with Crippen LogP contribution in [0.4, 0.5) is 0 Å².